The van der Waals surface area contributed by atoms with Crippen molar-refractivity contribution in [2.24, 2.45) is 0 Å². The third kappa shape index (κ3) is 3.50. The second kappa shape index (κ2) is 6.17. The number of halogens is 3. The van der Waals surface area contributed by atoms with Gasteiger partial charge in [-0.15, -0.1) is 0 Å². The summed E-state index contributed by atoms with van der Waals surface area (Å²) in [5.74, 6) is 0. The molecule has 5 nitrogen and oxygen atoms in total. The van der Waals surface area contributed by atoms with E-state index >= 15 is 0 Å². The van der Waals surface area contributed by atoms with Gasteiger partial charge in [0.05, 0.1) is 11.6 Å². The number of nitrogens with zero attached hydrogens (tertiary/aromatic N) is 2. The molecule has 1 aromatic rings. The Labute approximate surface area is 149 Å². The number of benzene rings is 1. The van der Waals surface area contributed by atoms with Gasteiger partial charge in [0.25, 0.3) is 0 Å². The number of likely N-dealkylation sites (tertiary alicyclic amines) is 1. The molecule has 0 saturated carbocycles. The zero-order valence-electron chi connectivity index (χ0n) is 14.8. The van der Waals surface area contributed by atoms with Gasteiger partial charge in [0, 0.05) is 30.4 Å². The molecule has 2 atom stereocenters. The van der Waals surface area contributed by atoms with Gasteiger partial charge in [-0.25, -0.2) is 4.79 Å². The molecule has 142 valence electrons. The molecule has 2 aliphatic rings. The lowest BCUT2D eigenvalue weighted by molar-refractivity contribution is -0.137. The van der Waals surface area contributed by atoms with Crippen LogP contribution in [0.3, 0.4) is 0 Å². The van der Waals surface area contributed by atoms with Crippen LogP contribution in [-0.4, -0.2) is 48.1 Å². The van der Waals surface area contributed by atoms with Crippen LogP contribution >= 0.6 is 0 Å². The molecule has 3 rings (SSSR count). The lowest BCUT2D eigenvalue weighted by Gasteiger charge is -2.37. The maximum atomic E-state index is 13.0. The van der Waals surface area contributed by atoms with Crippen molar-refractivity contribution in [2.45, 2.75) is 51.1 Å². The monoisotopic (exact) mass is 370 g/mol. The quantitative estimate of drug-likeness (QED) is 0.745. The number of carbonyl (C=O) groups is 2. The molecular formula is C18H21F3N2O3. The number of fused-ring (bicyclic) bond motifs is 2. The van der Waals surface area contributed by atoms with Crippen LogP contribution in [0.4, 0.5) is 23.7 Å². The van der Waals surface area contributed by atoms with Crippen molar-refractivity contribution in [3.63, 3.8) is 0 Å². The molecular weight excluding hydrogens is 349 g/mol. The molecule has 0 spiro atoms. The molecule has 1 amide bonds. The van der Waals surface area contributed by atoms with E-state index in [1.165, 1.54) is 6.07 Å². The third-order valence-electron chi connectivity index (χ3n) is 4.66. The molecule has 2 fully saturated rings. The molecule has 2 aliphatic heterocycles. The Bertz CT molecular complexity index is 727. The zero-order valence-corrected chi connectivity index (χ0v) is 14.8. The van der Waals surface area contributed by atoms with E-state index in [2.05, 4.69) is 0 Å². The van der Waals surface area contributed by atoms with Crippen LogP contribution in [0, 0.1) is 0 Å². The van der Waals surface area contributed by atoms with E-state index in [9.17, 15) is 22.8 Å². The summed E-state index contributed by atoms with van der Waals surface area (Å²) >= 11 is 0. The number of aldehydes is 1. The van der Waals surface area contributed by atoms with E-state index in [1.807, 2.05) is 0 Å². The van der Waals surface area contributed by atoms with Crippen LogP contribution < -0.4 is 4.90 Å². The van der Waals surface area contributed by atoms with Crippen molar-refractivity contribution in [1.82, 2.24) is 4.90 Å². The van der Waals surface area contributed by atoms with Gasteiger partial charge in [-0.1, -0.05) is 0 Å². The Morgan fingerprint density at radius 1 is 1.19 bits per heavy atom. The highest BCUT2D eigenvalue weighted by Crippen LogP contribution is 2.39. The summed E-state index contributed by atoms with van der Waals surface area (Å²) < 4.78 is 44.5. The molecule has 2 heterocycles. The molecule has 2 bridgehead atoms. The predicted molar refractivity (Wildman–Crippen MR) is 89.3 cm³/mol. The number of alkyl halides is 3. The summed E-state index contributed by atoms with van der Waals surface area (Å²) in [5, 5.41) is 0. The fourth-order valence-electron chi connectivity index (χ4n) is 3.57. The minimum Gasteiger partial charge on any atom is -0.444 e. The van der Waals surface area contributed by atoms with Crippen LogP contribution in [0.1, 0.15) is 43.1 Å². The van der Waals surface area contributed by atoms with E-state index in [0.717, 1.165) is 12.1 Å². The molecule has 2 unspecified atom stereocenters. The number of piperazine rings is 1. The Morgan fingerprint density at radius 2 is 1.88 bits per heavy atom. The first-order chi connectivity index (χ1) is 12.0. The van der Waals surface area contributed by atoms with Gasteiger partial charge >= 0.3 is 12.3 Å². The fourth-order valence-corrected chi connectivity index (χ4v) is 3.57. The van der Waals surface area contributed by atoms with E-state index in [4.69, 9.17) is 4.74 Å². The summed E-state index contributed by atoms with van der Waals surface area (Å²) in [5.41, 5.74) is -0.907. The summed E-state index contributed by atoms with van der Waals surface area (Å²) in [4.78, 5) is 27.0. The second-order valence-corrected chi connectivity index (χ2v) is 7.72. The van der Waals surface area contributed by atoms with Crippen LogP contribution in [0.5, 0.6) is 0 Å². The average Bonchev–Trinajstić information content (AvgIpc) is 3.12. The van der Waals surface area contributed by atoms with Crippen LogP contribution in [0.25, 0.3) is 0 Å². The first-order valence-electron chi connectivity index (χ1n) is 8.42. The lowest BCUT2D eigenvalue weighted by atomic mass is 10.1. The minimum absolute atomic E-state index is 0.130. The van der Waals surface area contributed by atoms with Crippen molar-refractivity contribution >= 4 is 18.1 Å². The van der Waals surface area contributed by atoms with Crippen LogP contribution in [0.15, 0.2) is 18.2 Å². The highest BCUT2D eigenvalue weighted by atomic mass is 19.4. The van der Waals surface area contributed by atoms with Gasteiger partial charge < -0.3 is 14.5 Å². The topological polar surface area (TPSA) is 49.9 Å². The molecule has 26 heavy (non-hydrogen) atoms. The fraction of sp³-hybridized carbons (Fsp3) is 0.556. The Kier molecular flexibility index (Phi) is 4.40. The zero-order chi connectivity index (χ0) is 19.3. The van der Waals surface area contributed by atoms with Gasteiger partial charge in [-0.3, -0.25) is 4.79 Å². The smallest absolute Gasteiger partial charge is 0.416 e. The SMILES string of the molecule is CC(C)(C)OC(=O)N1CC2CC1CN2c1cc(C(F)(F)F)ccc1C=O. The van der Waals surface area contributed by atoms with Crippen LogP contribution in [-0.2, 0) is 10.9 Å². The van der Waals surface area contributed by atoms with Crippen molar-refractivity contribution < 1.29 is 27.5 Å². The number of ether oxygens (including phenoxy) is 1. The molecule has 1 aromatic carbocycles. The molecule has 0 aromatic heterocycles. The lowest BCUT2D eigenvalue weighted by Crippen LogP contribution is -2.50. The summed E-state index contributed by atoms with van der Waals surface area (Å²) in [6.45, 7) is 6.10. The Balaban J connectivity index is 1.81. The Morgan fingerprint density at radius 3 is 2.38 bits per heavy atom. The van der Waals surface area contributed by atoms with Gasteiger partial charge in [-0.05, 0) is 45.4 Å². The van der Waals surface area contributed by atoms with E-state index in [-0.39, 0.29) is 23.3 Å². The van der Waals surface area contributed by atoms with Gasteiger partial charge in [-0.2, -0.15) is 13.2 Å². The number of rotatable bonds is 2. The maximum Gasteiger partial charge on any atom is 0.416 e. The molecule has 0 radical (unpaired) electrons. The number of amides is 1. The number of hydrogen-bond donors (Lipinski definition) is 0. The summed E-state index contributed by atoms with van der Waals surface area (Å²) in [7, 11) is 0. The van der Waals surface area contributed by atoms with Crippen molar-refractivity contribution in [1.29, 1.82) is 0 Å². The highest BCUT2D eigenvalue weighted by Gasteiger charge is 2.47. The highest BCUT2D eigenvalue weighted by molar-refractivity contribution is 5.85. The van der Waals surface area contributed by atoms with Crippen molar-refractivity contribution in [2.75, 3.05) is 18.0 Å². The number of anilines is 1. The predicted octanol–water partition coefficient (Wildman–Crippen LogP) is 3.72. The minimum atomic E-state index is -4.47. The first-order valence-corrected chi connectivity index (χ1v) is 8.42. The number of carbonyl (C=O) groups excluding carboxylic acids is 2. The van der Waals surface area contributed by atoms with Crippen LogP contribution in [0.2, 0.25) is 0 Å². The average molecular weight is 370 g/mol. The standard InChI is InChI=1S/C18H21F3N2O3/c1-17(2,3)26-16(25)23-9-13-7-14(23)8-22(13)15-6-12(18(19,20)21)5-4-11(15)10-24/h4-6,10,13-14H,7-9H2,1-3H3. The number of hydrogen-bond acceptors (Lipinski definition) is 4. The summed E-state index contributed by atoms with van der Waals surface area (Å²) in [6.07, 6.45) is -3.68. The summed E-state index contributed by atoms with van der Waals surface area (Å²) in [6, 6.07) is 2.86. The van der Waals surface area contributed by atoms with E-state index in [1.54, 1.807) is 30.6 Å². The molecule has 0 aliphatic carbocycles. The van der Waals surface area contributed by atoms with E-state index < -0.39 is 23.4 Å². The van der Waals surface area contributed by atoms with E-state index in [0.29, 0.717) is 25.8 Å². The third-order valence-corrected chi connectivity index (χ3v) is 4.66. The van der Waals surface area contributed by atoms with Gasteiger partial charge in [0.2, 0.25) is 0 Å². The normalized spacial score (nSPS) is 22.7. The Hall–Kier alpha value is -2.25. The maximum absolute atomic E-state index is 13.0. The van der Waals surface area contributed by atoms with Crippen molar-refractivity contribution in [3.8, 4) is 0 Å². The van der Waals surface area contributed by atoms with Gasteiger partial charge in [0.15, 0.2) is 6.29 Å². The first kappa shape index (κ1) is 18.5. The second-order valence-electron chi connectivity index (χ2n) is 7.72. The molecule has 0 N–H and O–H groups in total. The largest absolute Gasteiger partial charge is 0.444 e. The molecule has 8 heteroatoms. The molecule has 2 saturated heterocycles. The van der Waals surface area contributed by atoms with Crippen molar-refractivity contribution in [3.05, 3.63) is 29.3 Å². The van der Waals surface area contributed by atoms with Gasteiger partial charge in [0.1, 0.15) is 5.60 Å².